The van der Waals surface area contributed by atoms with E-state index < -0.39 is 4.92 Å². The number of nitro benzene ring substituents is 1. The number of anilines is 1. The Morgan fingerprint density at radius 2 is 1.89 bits per heavy atom. The minimum Gasteiger partial charge on any atom is -0.371 e. The van der Waals surface area contributed by atoms with E-state index in [2.05, 4.69) is 10.3 Å². The van der Waals surface area contributed by atoms with Gasteiger partial charge in [-0.15, -0.1) is 0 Å². The number of rotatable bonds is 7. The summed E-state index contributed by atoms with van der Waals surface area (Å²) in [5.74, 6) is -0.212. The van der Waals surface area contributed by atoms with Crippen LogP contribution in [0, 0.1) is 17.0 Å². The van der Waals surface area contributed by atoms with Gasteiger partial charge in [-0.2, -0.15) is 0 Å². The highest BCUT2D eigenvalue weighted by Gasteiger charge is 2.21. The van der Waals surface area contributed by atoms with Crippen LogP contribution >= 0.6 is 0 Å². The first-order valence-electron chi connectivity index (χ1n) is 8.96. The summed E-state index contributed by atoms with van der Waals surface area (Å²) in [6, 6.07) is 18.0. The largest absolute Gasteiger partial charge is 0.371 e. The van der Waals surface area contributed by atoms with E-state index in [1.165, 1.54) is 18.6 Å². The van der Waals surface area contributed by atoms with Crippen molar-refractivity contribution in [3.8, 4) is 0 Å². The summed E-state index contributed by atoms with van der Waals surface area (Å²) < 4.78 is 0. The van der Waals surface area contributed by atoms with Crippen LogP contribution in [0.15, 0.2) is 66.9 Å². The van der Waals surface area contributed by atoms with Crippen LogP contribution in [0.25, 0.3) is 0 Å². The number of ketones is 1. The van der Waals surface area contributed by atoms with Gasteiger partial charge in [-0.25, -0.2) is 0 Å². The Balaban J connectivity index is 1.96. The fourth-order valence-electron chi connectivity index (χ4n) is 2.98. The Morgan fingerprint density at radius 3 is 2.50 bits per heavy atom. The summed E-state index contributed by atoms with van der Waals surface area (Å²) in [4.78, 5) is 27.1. The molecule has 0 aliphatic heterocycles. The lowest BCUT2D eigenvalue weighted by molar-refractivity contribution is -0.384. The molecule has 2 aromatic carbocycles. The lowest BCUT2D eigenvalue weighted by Gasteiger charge is -2.20. The van der Waals surface area contributed by atoms with Gasteiger partial charge in [0.2, 0.25) is 0 Å². The third kappa shape index (κ3) is 4.59. The van der Waals surface area contributed by atoms with Crippen molar-refractivity contribution in [2.24, 2.45) is 0 Å². The number of nitro groups is 1. The molecule has 0 amide bonds. The number of Topliss-reactive ketones (excluding diaryl/α,β-unsaturated/α-hetero) is 1. The highest BCUT2D eigenvalue weighted by Crippen LogP contribution is 2.30. The van der Waals surface area contributed by atoms with Crippen LogP contribution in [0.3, 0.4) is 0 Å². The third-order valence-corrected chi connectivity index (χ3v) is 4.54. The average molecular weight is 375 g/mol. The highest BCUT2D eigenvalue weighted by atomic mass is 16.6. The number of aromatic nitrogens is 1. The first-order chi connectivity index (χ1) is 13.4. The van der Waals surface area contributed by atoms with E-state index in [0.717, 1.165) is 11.3 Å². The van der Waals surface area contributed by atoms with Crippen LogP contribution < -0.4 is 5.32 Å². The summed E-state index contributed by atoms with van der Waals surface area (Å²) >= 11 is 0. The van der Waals surface area contributed by atoms with Gasteiger partial charge in [0.1, 0.15) is 5.69 Å². The van der Waals surface area contributed by atoms with Crippen LogP contribution in [-0.4, -0.2) is 15.7 Å². The standard InChI is InChI=1S/C22H21N3O3/c1-15-6-8-17(9-7-15)13-21(19-5-3-4-12-23-19)24-20-11-10-18(16(2)26)14-22(20)25(27)28/h3-12,14,21,24H,13H2,1-2H3. The zero-order chi connectivity index (χ0) is 20.1. The fourth-order valence-corrected chi connectivity index (χ4v) is 2.98. The van der Waals surface area contributed by atoms with Crippen molar-refractivity contribution >= 4 is 17.2 Å². The number of carbonyl (C=O) groups excluding carboxylic acids is 1. The summed E-state index contributed by atoms with van der Waals surface area (Å²) in [5.41, 5.74) is 3.59. The molecule has 0 spiro atoms. The normalized spacial score (nSPS) is 11.6. The Hall–Kier alpha value is -3.54. The first-order valence-corrected chi connectivity index (χ1v) is 8.96. The van der Waals surface area contributed by atoms with Crippen molar-refractivity contribution in [1.82, 2.24) is 4.98 Å². The Kier molecular flexibility index (Phi) is 5.79. The average Bonchev–Trinajstić information content (AvgIpc) is 2.69. The van der Waals surface area contributed by atoms with Gasteiger partial charge in [0.25, 0.3) is 5.69 Å². The van der Waals surface area contributed by atoms with Gasteiger partial charge >= 0.3 is 0 Å². The SMILES string of the molecule is CC(=O)c1ccc(NC(Cc2ccc(C)cc2)c2ccccn2)c([N+](=O)[O-])c1. The predicted molar refractivity (Wildman–Crippen MR) is 109 cm³/mol. The van der Waals surface area contributed by atoms with Gasteiger partial charge < -0.3 is 5.32 Å². The number of carbonyl (C=O) groups is 1. The Labute approximate surface area is 163 Å². The van der Waals surface area contributed by atoms with Crippen LogP contribution in [0.4, 0.5) is 11.4 Å². The molecular weight excluding hydrogens is 354 g/mol. The van der Waals surface area contributed by atoms with E-state index in [1.54, 1.807) is 18.3 Å². The minimum atomic E-state index is -0.476. The summed E-state index contributed by atoms with van der Waals surface area (Å²) in [6.45, 7) is 3.42. The zero-order valence-corrected chi connectivity index (χ0v) is 15.8. The van der Waals surface area contributed by atoms with Gasteiger partial charge in [-0.05, 0) is 50.1 Å². The van der Waals surface area contributed by atoms with Gasteiger partial charge in [0, 0.05) is 17.8 Å². The van der Waals surface area contributed by atoms with Crippen LogP contribution in [-0.2, 0) is 6.42 Å². The molecule has 0 saturated heterocycles. The molecule has 0 fully saturated rings. The number of pyridine rings is 1. The lowest BCUT2D eigenvalue weighted by Crippen LogP contribution is -2.16. The molecule has 3 rings (SSSR count). The predicted octanol–water partition coefficient (Wildman–Crippen LogP) is 4.90. The van der Waals surface area contributed by atoms with E-state index >= 15 is 0 Å². The topological polar surface area (TPSA) is 85.1 Å². The number of nitrogens with one attached hydrogen (secondary N) is 1. The van der Waals surface area contributed by atoms with Crippen molar-refractivity contribution in [3.05, 3.63) is 99.4 Å². The van der Waals surface area contributed by atoms with Crippen molar-refractivity contribution < 1.29 is 9.72 Å². The van der Waals surface area contributed by atoms with Crippen molar-refractivity contribution in [2.45, 2.75) is 26.3 Å². The maximum absolute atomic E-state index is 11.6. The van der Waals surface area contributed by atoms with Crippen molar-refractivity contribution in [2.75, 3.05) is 5.32 Å². The molecule has 0 aliphatic rings. The molecule has 6 nitrogen and oxygen atoms in total. The van der Waals surface area contributed by atoms with E-state index in [1.807, 2.05) is 49.4 Å². The van der Waals surface area contributed by atoms with E-state index in [9.17, 15) is 14.9 Å². The summed E-state index contributed by atoms with van der Waals surface area (Å²) in [7, 11) is 0. The molecule has 28 heavy (non-hydrogen) atoms. The van der Waals surface area contributed by atoms with Gasteiger partial charge in [0.05, 0.1) is 16.7 Å². The van der Waals surface area contributed by atoms with Crippen molar-refractivity contribution in [1.29, 1.82) is 0 Å². The van der Waals surface area contributed by atoms with Gasteiger partial charge in [0.15, 0.2) is 5.78 Å². The Morgan fingerprint density at radius 1 is 1.14 bits per heavy atom. The van der Waals surface area contributed by atoms with Crippen LogP contribution in [0.2, 0.25) is 0 Å². The maximum atomic E-state index is 11.6. The molecule has 0 radical (unpaired) electrons. The molecule has 6 heteroatoms. The molecule has 1 heterocycles. The molecule has 1 N–H and O–H groups in total. The van der Waals surface area contributed by atoms with Gasteiger partial charge in [-0.3, -0.25) is 19.9 Å². The second kappa shape index (κ2) is 8.43. The number of benzene rings is 2. The smallest absolute Gasteiger partial charge is 0.293 e. The quantitative estimate of drug-likeness (QED) is 0.361. The zero-order valence-electron chi connectivity index (χ0n) is 15.8. The van der Waals surface area contributed by atoms with Crippen molar-refractivity contribution in [3.63, 3.8) is 0 Å². The maximum Gasteiger partial charge on any atom is 0.293 e. The van der Waals surface area contributed by atoms with Gasteiger partial charge in [-0.1, -0.05) is 35.9 Å². The first kappa shape index (κ1) is 19.2. The monoisotopic (exact) mass is 375 g/mol. The third-order valence-electron chi connectivity index (χ3n) is 4.54. The van der Waals surface area contributed by atoms with E-state index in [4.69, 9.17) is 0 Å². The molecule has 1 unspecified atom stereocenters. The fraction of sp³-hybridized carbons (Fsp3) is 0.182. The lowest BCUT2D eigenvalue weighted by atomic mass is 10.0. The Bertz CT molecular complexity index is 986. The number of hydrogen-bond donors (Lipinski definition) is 1. The molecule has 0 aliphatic carbocycles. The van der Waals surface area contributed by atoms with E-state index in [-0.39, 0.29) is 17.5 Å². The minimum absolute atomic E-state index is 0.127. The summed E-state index contributed by atoms with van der Waals surface area (Å²) in [5, 5.41) is 14.8. The molecule has 1 aromatic heterocycles. The highest BCUT2D eigenvalue weighted by molar-refractivity contribution is 5.95. The second-order valence-electron chi connectivity index (χ2n) is 6.69. The number of nitrogens with zero attached hydrogens (tertiary/aromatic N) is 2. The van der Waals surface area contributed by atoms with Crippen LogP contribution in [0.5, 0.6) is 0 Å². The number of aryl methyl sites for hydroxylation is 1. The van der Waals surface area contributed by atoms with Crippen LogP contribution in [0.1, 0.15) is 40.1 Å². The molecule has 1 atom stereocenters. The molecule has 0 saturated carbocycles. The summed E-state index contributed by atoms with van der Waals surface area (Å²) in [6.07, 6.45) is 2.31. The van der Waals surface area contributed by atoms with E-state index in [0.29, 0.717) is 17.7 Å². The molecule has 0 bridgehead atoms. The molecule has 142 valence electrons. The number of hydrogen-bond acceptors (Lipinski definition) is 5. The molecule has 3 aromatic rings. The second-order valence-corrected chi connectivity index (χ2v) is 6.69. The molecular formula is C22H21N3O3.